The molecule has 0 aromatic heterocycles. The average Bonchev–Trinajstić information content (AvgIpc) is 2.80. The molecule has 2 rings (SSSR count). The Labute approximate surface area is 99.1 Å². The first-order valence-electron chi connectivity index (χ1n) is 4.02. The maximum Gasteiger partial charge on any atom is 4.00 e. The zero-order valence-corrected chi connectivity index (χ0v) is 9.72. The zero-order chi connectivity index (χ0) is 10.4. The summed E-state index contributed by atoms with van der Waals surface area (Å²) in [6.07, 6.45) is 0. The number of rotatable bonds is 1. The van der Waals surface area contributed by atoms with Gasteiger partial charge in [-0.1, -0.05) is 7.60 Å². The Morgan fingerprint density at radius 3 is 1.67 bits per heavy atom. The molecular formula is C10H9FeO3P. The summed E-state index contributed by atoms with van der Waals surface area (Å²) in [6, 6.07) is 15.6. The van der Waals surface area contributed by atoms with Gasteiger partial charge in [-0.2, -0.15) is 30.3 Å². The van der Waals surface area contributed by atoms with Crippen molar-refractivity contribution in [2.45, 2.75) is 0 Å². The van der Waals surface area contributed by atoms with Crippen LogP contribution >= 0.6 is 7.60 Å². The summed E-state index contributed by atoms with van der Waals surface area (Å²) in [5.74, 6) is 0. The van der Waals surface area contributed by atoms with Crippen LogP contribution in [0.3, 0.4) is 0 Å². The molecule has 0 radical (unpaired) electrons. The van der Waals surface area contributed by atoms with Crippen LogP contribution < -0.4 is 15.1 Å². The molecule has 0 aliphatic carbocycles. The third kappa shape index (κ3) is 5.73. The zero-order valence-electron chi connectivity index (χ0n) is 7.72. The van der Waals surface area contributed by atoms with Crippen molar-refractivity contribution in [3.05, 3.63) is 54.6 Å². The predicted octanol–water partition coefficient (Wildman–Crippen LogP) is 0.347. The molecule has 0 fully saturated rings. The van der Waals surface area contributed by atoms with E-state index in [0.29, 0.717) is 0 Å². The van der Waals surface area contributed by atoms with E-state index in [1.54, 1.807) is 0 Å². The van der Waals surface area contributed by atoms with Crippen LogP contribution in [0.4, 0.5) is 0 Å². The van der Waals surface area contributed by atoms with Gasteiger partial charge in [0.05, 0.1) is 0 Å². The summed E-state index contributed by atoms with van der Waals surface area (Å²) in [7, 11) is -4.47. The monoisotopic (exact) mass is 264 g/mol. The Bertz CT molecular complexity index is 358. The van der Waals surface area contributed by atoms with Gasteiger partial charge in [-0.25, -0.2) is 24.3 Å². The summed E-state index contributed by atoms with van der Waals surface area (Å²) in [6.45, 7) is 0. The van der Waals surface area contributed by atoms with Crippen LogP contribution in [0.5, 0.6) is 0 Å². The van der Waals surface area contributed by atoms with Crippen LogP contribution in [-0.2, 0) is 21.6 Å². The van der Waals surface area contributed by atoms with Gasteiger partial charge < -0.3 is 14.4 Å². The van der Waals surface area contributed by atoms with Crippen molar-refractivity contribution < 1.29 is 31.4 Å². The van der Waals surface area contributed by atoms with Crippen molar-refractivity contribution in [1.82, 2.24) is 0 Å². The summed E-state index contributed by atoms with van der Waals surface area (Å²) in [5.41, 5.74) is 0. The Balaban J connectivity index is 0.000000280. The van der Waals surface area contributed by atoms with Gasteiger partial charge in [-0.3, -0.25) is 0 Å². The fraction of sp³-hybridized carbons (Fsp3) is 0. The first-order chi connectivity index (χ1) is 6.61. The van der Waals surface area contributed by atoms with E-state index in [2.05, 4.69) is 0 Å². The molecule has 0 heterocycles. The van der Waals surface area contributed by atoms with Crippen molar-refractivity contribution in [1.29, 1.82) is 0 Å². The van der Waals surface area contributed by atoms with E-state index in [4.69, 9.17) is 0 Å². The molecule has 2 aromatic carbocycles. The van der Waals surface area contributed by atoms with Gasteiger partial charge in [-0.15, -0.1) is 5.30 Å². The Morgan fingerprint density at radius 2 is 1.47 bits per heavy atom. The molecule has 80 valence electrons. The van der Waals surface area contributed by atoms with Crippen molar-refractivity contribution in [3.8, 4) is 0 Å². The summed E-state index contributed by atoms with van der Waals surface area (Å²) in [5, 5.41) is -0.137. The number of hydrogen-bond acceptors (Lipinski definition) is 3. The predicted molar refractivity (Wildman–Crippen MR) is 51.3 cm³/mol. The van der Waals surface area contributed by atoms with Crippen LogP contribution in [0, 0.1) is 0 Å². The second-order valence-corrected chi connectivity index (χ2v) is 4.11. The van der Waals surface area contributed by atoms with Crippen LogP contribution in [0.15, 0.2) is 54.6 Å². The van der Waals surface area contributed by atoms with E-state index < -0.39 is 7.60 Å². The minimum Gasteiger partial charge on any atom is -0.816 e. The molecule has 0 spiro atoms. The first kappa shape index (κ1) is 14.4. The van der Waals surface area contributed by atoms with Gasteiger partial charge in [0.2, 0.25) is 0 Å². The van der Waals surface area contributed by atoms with E-state index in [0.717, 1.165) is 0 Å². The van der Waals surface area contributed by atoms with Crippen LogP contribution in [0.2, 0.25) is 0 Å². The smallest absolute Gasteiger partial charge is 0.816 e. The molecule has 2 aromatic rings. The van der Waals surface area contributed by atoms with Crippen molar-refractivity contribution >= 4 is 12.9 Å². The van der Waals surface area contributed by atoms with E-state index in [1.807, 2.05) is 30.3 Å². The van der Waals surface area contributed by atoms with Crippen LogP contribution in [0.1, 0.15) is 0 Å². The molecule has 0 aliphatic rings. The second-order valence-electron chi connectivity index (χ2n) is 2.60. The number of hydrogen-bond donors (Lipinski definition) is 0. The van der Waals surface area contributed by atoms with Crippen LogP contribution in [0.25, 0.3) is 0 Å². The molecule has 5 heteroatoms. The largest absolute Gasteiger partial charge is 4.00 e. The quantitative estimate of drug-likeness (QED) is 0.424. The maximum absolute atomic E-state index is 10.2. The van der Waals surface area contributed by atoms with E-state index in [9.17, 15) is 14.4 Å². The molecule has 0 N–H and O–H groups in total. The summed E-state index contributed by atoms with van der Waals surface area (Å²) in [4.78, 5) is 20.3. The van der Waals surface area contributed by atoms with Crippen LogP contribution in [-0.4, -0.2) is 0 Å². The molecule has 0 saturated heterocycles. The van der Waals surface area contributed by atoms with Crippen molar-refractivity contribution in [2.24, 2.45) is 0 Å². The van der Waals surface area contributed by atoms with Gasteiger partial charge in [-0.05, 0) is 0 Å². The summed E-state index contributed by atoms with van der Waals surface area (Å²) >= 11 is 0. The van der Waals surface area contributed by atoms with Gasteiger partial charge in [0.15, 0.2) is 0 Å². The standard InChI is InChI=1S/C5H6O3P.C5H5.Fe/c6-9(7,8)5-3-1-2-4-5;1-2-4-5-3-1;/h1-4H,(H2,6,7,8);1-5H;/q2*-1;+4/p-2. The Kier molecular flexibility index (Phi) is 6.50. The molecule has 0 atom stereocenters. The molecule has 0 saturated carbocycles. The van der Waals surface area contributed by atoms with E-state index in [-0.39, 0.29) is 22.4 Å². The van der Waals surface area contributed by atoms with Gasteiger partial charge in [0.1, 0.15) is 0 Å². The van der Waals surface area contributed by atoms with Gasteiger partial charge >= 0.3 is 17.1 Å². The molecule has 0 unspecified atom stereocenters. The third-order valence-electron chi connectivity index (χ3n) is 1.52. The van der Waals surface area contributed by atoms with Gasteiger partial charge in [0.25, 0.3) is 0 Å². The fourth-order valence-corrected chi connectivity index (χ4v) is 1.40. The average molecular weight is 264 g/mol. The van der Waals surface area contributed by atoms with E-state index in [1.165, 1.54) is 24.3 Å². The molecular weight excluding hydrogens is 255 g/mol. The Hall–Kier alpha value is -0.631. The maximum atomic E-state index is 10.2. The van der Waals surface area contributed by atoms with Crippen molar-refractivity contribution in [3.63, 3.8) is 0 Å². The normalized spacial score (nSPS) is 9.73. The minimum absolute atomic E-state index is 0. The summed E-state index contributed by atoms with van der Waals surface area (Å²) < 4.78 is 10.2. The second kappa shape index (κ2) is 6.78. The van der Waals surface area contributed by atoms with Crippen molar-refractivity contribution in [2.75, 3.05) is 0 Å². The SMILES string of the molecule is O=P([O-])([O-])[c-]1cccc1.[Fe+4].c1cc[cH-]c1. The molecule has 0 aliphatic heterocycles. The van der Waals surface area contributed by atoms with Gasteiger partial charge in [0, 0.05) is 0 Å². The first-order valence-corrected chi connectivity index (χ1v) is 5.56. The fourth-order valence-electron chi connectivity index (χ4n) is 0.867. The molecule has 15 heavy (non-hydrogen) atoms. The molecule has 0 amide bonds. The minimum atomic E-state index is -4.47. The Morgan fingerprint density at radius 1 is 1.00 bits per heavy atom. The van der Waals surface area contributed by atoms with E-state index >= 15 is 0 Å². The third-order valence-corrected chi connectivity index (χ3v) is 2.45. The topological polar surface area (TPSA) is 63.2 Å². The molecule has 3 nitrogen and oxygen atoms in total. The molecule has 0 bridgehead atoms.